The average Bonchev–Trinajstić information content (AvgIpc) is 2.73. The molecule has 3 rings (SSSR count). The summed E-state index contributed by atoms with van der Waals surface area (Å²) in [5.74, 6) is -0.265. The number of H-pyrrole nitrogens is 1. The van der Waals surface area contributed by atoms with Crippen LogP contribution in [0.25, 0.3) is 11.1 Å². The molecule has 0 atom stereocenters. The fraction of sp³-hybridized carbons (Fsp3) is 0.364. The topological polar surface area (TPSA) is 67.3 Å². The second kappa shape index (κ2) is 3.68. The number of hydrogen-bond donors (Lipinski definition) is 2. The molecule has 5 heteroatoms. The largest absolute Gasteiger partial charge is 0.463 e. The SMILES string of the molecule is O=C(NOC1CCC1)c1cc2occc2[nH]1. The van der Waals surface area contributed by atoms with Crippen LogP contribution in [0.15, 0.2) is 22.8 Å². The Morgan fingerprint density at radius 1 is 1.56 bits per heavy atom. The van der Waals surface area contributed by atoms with Crippen LogP contribution in [0.5, 0.6) is 0 Å². The number of furan rings is 1. The molecule has 1 aliphatic carbocycles. The van der Waals surface area contributed by atoms with E-state index in [1.54, 1.807) is 18.4 Å². The molecule has 2 heterocycles. The maximum atomic E-state index is 11.6. The normalized spacial score (nSPS) is 16.2. The lowest BCUT2D eigenvalue weighted by atomic mass is 9.97. The van der Waals surface area contributed by atoms with Gasteiger partial charge in [-0.25, -0.2) is 5.48 Å². The second-order valence-corrected chi connectivity index (χ2v) is 3.98. The summed E-state index contributed by atoms with van der Waals surface area (Å²) in [4.78, 5) is 19.8. The molecule has 0 spiro atoms. The van der Waals surface area contributed by atoms with E-state index in [2.05, 4.69) is 10.5 Å². The molecule has 5 nitrogen and oxygen atoms in total. The van der Waals surface area contributed by atoms with Crippen LogP contribution in [0.1, 0.15) is 29.8 Å². The third-order valence-corrected chi connectivity index (χ3v) is 2.86. The smallest absolute Gasteiger partial charge is 0.291 e. The molecule has 2 N–H and O–H groups in total. The zero-order valence-corrected chi connectivity index (χ0v) is 8.66. The summed E-state index contributed by atoms with van der Waals surface area (Å²) in [6, 6.07) is 3.44. The van der Waals surface area contributed by atoms with Gasteiger partial charge in [0.15, 0.2) is 5.58 Å². The number of nitrogens with one attached hydrogen (secondary N) is 2. The van der Waals surface area contributed by atoms with E-state index >= 15 is 0 Å². The number of amides is 1. The quantitative estimate of drug-likeness (QED) is 0.777. The number of carbonyl (C=O) groups excluding carboxylic acids is 1. The zero-order valence-electron chi connectivity index (χ0n) is 8.66. The molecule has 2 aromatic rings. The van der Waals surface area contributed by atoms with Gasteiger partial charge in [-0.05, 0) is 19.3 Å². The molecular formula is C11H12N2O3. The first-order chi connectivity index (χ1) is 7.83. The van der Waals surface area contributed by atoms with Crippen LogP contribution in [0.4, 0.5) is 0 Å². The van der Waals surface area contributed by atoms with Gasteiger partial charge in [0, 0.05) is 12.1 Å². The van der Waals surface area contributed by atoms with Crippen molar-refractivity contribution in [3.63, 3.8) is 0 Å². The van der Waals surface area contributed by atoms with E-state index in [9.17, 15) is 4.79 Å². The average molecular weight is 220 g/mol. The Bertz CT molecular complexity index is 482. The van der Waals surface area contributed by atoms with Crippen LogP contribution in [-0.4, -0.2) is 17.0 Å². The molecule has 1 fully saturated rings. The standard InChI is InChI=1S/C11H12N2O3/c14-11(13-16-7-2-1-3-7)9-6-10-8(12-9)4-5-15-10/h4-7,12H,1-3H2,(H,13,14). The second-order valence-electron chi connectivity index (χ2n) is 3.98. The molecule has 16 heavy (non-hydrogen) atoms. The van der Waals surface area contributed by atoms with Gasteiger partial charge in [-0.15, -0.1) is 0 Å². The lowest BCUT2D eigenvalue weighted by molar-refractivity contribution is -0.0509. The van der Waals surface area contributed by atoms with E-state index < -0.39 is 0 Å². The van der Waals surface area contributed by atoms with E-state index in [1.165, 1.54) is 6.42 Å². The summed E-state index contributed by atoms with van der Waals surface area (Å²) in [7, 11) is 0. The van der Waals surface area contributed by atoms with Gasteiger partial charge < -0.3 is 9.40 Å². The minimum atomic E-state index is -0.265. The van der Waals surface area contributed by atoms with Crippen molar-refractivity contribution in [3.8, 4) is 0 Å². The third-order valence-electron chi connectivity index (χ3n) is 2.86. The summed E-state index contributed by atoms with van der Waals surface area (Å²) >= 11 is 0. The monoisotopic (exact) mass is 220 g/mol. The first-order valence-corrected chi connectivity index (χ1v) is 5.35. The molecule has 0 bridgehead atoms. The highest BCUT2D eigenvalue weighted by molar-refractivity contribution is 5.96. The van der Waals surface area contributed by atoms with Crippen molar-refractivity contribution in [1.82, 2.24) is 10.5 Å². The molecule has 1 saturated carbocycles. The zero-order chi connectivity index (χ0) is 11.0. The minimum absolute atomic E-state index is 0.182. The van der Waals surface area contributed by atoms with Gasteiger partial charge in [0.25, 0.3) is 5.91 Å². The molecular weight excluding hydrogens is 208 g/mol. The number of hydroxylamine groups is 1. The molecule has 84 valence electrons. The van der Waals surface area contributed by atoms with Crippen molar-refractivity contribution < 1.29 is 14.0 Å². The maximum Gasteiger partial charge on any atom is 0.291 e. The van der Waals surface area contributed by atoms with Crippen LogP contribution in [0.2, 0.25) is 0 Å². The molecule has 0 saturated heterocycles. The Balaban J connectivity index is 1.66. The number of aromatic amines is 1. The van der Waals surface area contributed by atoms with Crippen LogP contribution < -0.4 is 5.48 Å². The van der Waals surface area contributed by atoms with Gasteiger partial charge in [0.1, 0.15) is 5.69 Å². The summed E-state index contributed by atoms with van der Waals surface area (Å²) in [5, 5.41) is 0. The highest BCUT2D eigenvalue weighted by Crippen LogP contribution is 2.21. The number of carbonyl (C=O) groups is 1. The fourth-order valence-corrected chi connectivity index (χ4v) is 1.65. The van der Waals surface area contributed by atoms with Gasteiger partial charge in [-0.3, -0.25) is 9.63 Å². The van der Waals surface area contributed by atoms with Crippen LogP contribution >= 0.6 is 0 Å². The summed E-state index contributed by atoms with van der Waals surface area (Å²) in [6.45, 7) is 0. The van der Waals surface area contributed by atoms with Gasteiger partial charge in [-0.2, -0.15) is 0 Å². The number of fused-ring (bicyclic) bond motifs is 1. The van der Waals surface area contributed by atoms with Crippen molar-refractivity contribution in [2.24, 2.45) is 0 Å². The fourth-order valence-electron chi connectivity index (χ4n) is 1.65. The van der Waals surface area contributed by atoms with Crippen molar-refractivity contribution in [3.05, 3.63) is 24.1 Å². The molecule has 0 aromatic carbocycles. The van der Waals surface area contributed by atoms with Crippen molar-refractivity contribution in [2.75, 3.05) is 0 Å². The number of aromatic nitrogens is 1. The molecule has 0 aliphatic heterocycles. The van der Waals surface area contributed by atoms with Gasteiger partial charge >= 0.3 is 0 Å². The lowest BCUT2D eigenvalue weighted by Crippen LogP contribution is -2.33. The maximum absolute atomic E-state index is 11.6. The first kappa shape index (κ1) is 9.47. The van der Waals surface area contributed by atoms with E-state index in [4.69, 9.17) is 9.25 Å². The molecule has 1 amide bonds. The summed E-state index contributed by atoms with van der Waals surface area (Å²) < 4.78 is 5.15. The Morgan fingerprint density at radius 2 is 2.44 bits per heavy atom. The Morgan fingerprint density at radius 3 is 3.12 bits per heavy atom. The van der Waals surface area contributed by atoms with E-state index in [0.29, 0.717) is 11.3 Å². The van der Waals surface area contributed by atoms with E-state index in [0.717, 1.165) is 18.4 Å². The van der Waals surface area contributed by atoms with E-state index in [1.807, 2.05) is 0 Å². The number of hydrogen-bond acceptors (Lipinski definition) is 3. The Kier molecular flexibility index (Phi) is 2.18. The van der Waals surface area contributed by atoms with E-state index in [-0.39, 0.29) is 12.0 Å². The molecule has 0 unspecified atom stereocenters. The summed E-state index contributed by atoms with van der Waals surface area (Å²) in [5.41, 5.74) is 4.38. The predicted octanol–water partition coefficient (Wildman–Crippen LogP) is 1.97. The molecule has 0 radical (unpaired) electrons. The lowest BCUT2D eigenvalue weighted by Gasteiger charge is -2.24. The van der Waals surface area contributed by atoms with Gasteiger partial charge in [-0.1, -0.05) is 0 Å². The minimum Gasteiger partial charge on any atom is -0.463 e. The molecule has 2 aromatic heterocycles. The highest BCUT2D eigenvalue weighted by Gasteiger charge is 2.20. The first-order valence-electron chi connectivity index (χ1n) is 5.35. The Labute approximate surface area is 91.7 Å². The van der Waals surface area contributed by atoms with Gasteiger partial charge in [0.2, 0.25) is 0 Å². The molecule has 1 aliphatic rings. The van der Waals surface area contributed by atoms with Gasteiger partial charge in [0.05, 0.1) is 17.9 Å². The van der Waals surface area contributed by atoms with Crippen LogP contribution in [0, 0.1) is 0 Å². The highest BCUT2D eigenvalue weighted by atomic mass is 16.7. The Hall–Kier alpha value is -1.75. The summed E-state index contributed by atoms with van der Waals surface area (Å²) in [6.07, 6.45) is 4.98. The van der Waals surface area contributed by atoms with Crippen molar-refractivity contribution >= 4 is 17.0 Å². The van der Waals surface area contributed by atoms with Crippen LogP contribution in [-0.2, 0) is 4.84 Å². The van der Waals surface area contributed by atoms with Crippen molar-refractivity contribution in [2.45, 2.75) is 25.4 Å². The number of rotatable bonds is 3. The third kappa shape index (κ3) is 1.59. The predicted molar refractivity (Wildman–Crippen MR) is 56.8 cm³/mol. The van der Waals surface area contributed by atoms with Crippen molar-refractivity contribution in [1.29, 1.82) is 0 Å². The van der Waals surface area contributed by atoms with Crippen LogP contribution in [0.3, 0.4) is 0 Å².